The van der Waals surface area contributed by atoms with Gasteiger partial charge in [-0.15, -0.1) is 0 Å². The lowest BCUT2D eigenvalue weighted by molar-refractivity contribution is -0.116. The minimum atomic E-state index is -0.637. The van der Waals surface area contributed by atoms with Gasteiger partial charge in [0.1, 0.15) is 23.8 Å². The van der Waals surface area contributed by atoms with Gasteiger partial charge in [0.05, 0.1) is 17.6 Å². The molecule has 1 amide bonds. The number of pyridine rings is 1. The Morgan fingerprint density at radius 2 is 2.12 bits per heavy atom. The summed E-state index contributed by atoms with van der Waals surface area (Å²) in [5, 5.41) is 2.76. The van der Waals surface area contributed by atoms with E-state index in [-0.39, 0.29) is 17.9 Å². The van der Waals surface area contributed by atoms with Crippen LogP contribution in [0.3, 0.4) is 0 Å². The zero-order valence-electron chi connectivity index (χ0n) is 12.4. The van der Waals surface area contributed by atoms with Crippen LogP contribution < -0.4 is 5.32 Å². The number of imidazole rings is 1. The smallest absolute Gasteiger partial charge is 0.226 e. The molecule has 1 aliphatic rings. The Morgan fingerprint density at radius 3 is 2.92 bits per heavy atom. The van der Waals surface area contributed by atoms with E-state index in [2.05, 4.69) is 15.3 Å². The van der Waals surface area contributed by atoms with Crippen molar-refractivity contribution in [2.75, 3.05) is 5.32 Å². The summed E-state index contributed by atoms with van der Waals surface area (Å²) in [5.41, 5.74) is 1.34. The van der Waals surface area contributed by atoms with Crippen LogP contribution in [0, 0.1) is 11.6 Å². The summed E-state index contributed by atoms with van der Waals surface area (Å²) in [6.07, 6.45) is 4.81. The van der Waals surface area contributed by atoms with Crippen molar-refractivity contribution in [3.8, 4) is 5.69 Å². The van der Waals surface area contributed by atoms with Crippen LogP contribution >= 0.6 is 0 Å². The van der Waals surface area contributed by atoms with E-state index in [1.54, 1.807) is 23.0 Å². The van der Waals surface area contributed by atoms with Crippen LogP contribution in [-0.2, 0) is 4.79 Å². The van der Waals surface area contributed by atoms with Gasteiger partial charge in [-0.3, -0.25) is 14.3 Å². The second-order valence-corrected chi connectivity index (χ2v) is 5.53. The second kappa shape index (κ2) is 5.52. The van der Waals surface area contributed by atoms with E-state index in [4.69, 9.17) is 0 Å². The van der Waals surface area contributed by atoms with Crippen LogP contribution in [0.5, 0.6) is 0 Å². The molecular weight excluding hydrogens is 314 g/mol. The Bertz CT molecular complexity index is 924. The number of benzene rings is 1. The Balaban J connectivity index is 1.86. The van der Waals surface area contributed by atoms with E-state index in [9.17, 15) is 13.6 Å². The van der Waals surface area contributed by atoms with Crippen molar-refractivity contribution in [1.29, 1.82) is 0 Å². The highest BCUT2D eigenvalue weighted by Crippen LogP contribution is 2.38. The molecule has 0 spiro atoms. The molecule has 2 aromatic heterocycles. The van der Waals surface area contributed by atoms with Crippen molar-refractivity contribution in [1.82, 2.24) is 14.5 Å². The van der Waals surface area contributed by atoms with Gasteiger partial charge in [-0.2, -0.15) is 0 Å². The fourth-order valence-corrected chi connectivity index (χ4v) is 2.94. The van der Waals surface area contributed by atoms with Gasteiger partial charge in [-0.1, -0.05) is 0 Å². The van der Waals surface area contributed by atoms with E-state index in [0.717, 1.165) is 18.2 Å². The summed E-state index contributed by atoms with van der Waals surface area (Å²) in [7, 11) is 0. The summed E-state index contributed by atoms with van der Waals surface area (Å²) in [6.45, 7) is 0. The number of rotatable bonds is 2. The third-order valence-corrected chi connectivity index (χ3v) is 4.03. The maximum absolute atomic E-state index is 14.2. The summed E-state index contributed by atoms with van der Waals surface area (Å²) >= 11 is 0. The number of anilines is 1. The highest BCUT2D eigenvalue weighted by Gasteiger charge is 2.32. The molecule has 1 atom stereocenters. The number of nitrogens with one attached hydrogen (secondary N) is 1. The first-order chi connectivity index (χ1) is 11.6. The first kappa shape index (κ1) is 14.5. The molecule has 1 aliphatic heterocycles. The highest BCUT2D eigenvalue weighted by atomic mass is 19.1. The summed E-state index contributed by atoms with van der Waals surface area (Å²) < 4.78 is 29.4. The molecule has 1 N–H and O–H groups in total. The van der Waals surface area contributed by atoms with Crippen LogP contribution in [0.25, 0.3) is 5.69 Å². The van der Waals surface area contributed by atoms with Gasteiger partial charge in [0.15, 0.2) is 0 Å². The van der Waals surface area contributed by atoms with E-state index in [0.29, 0.717) is 17.2 Å². The molecule has 0 aliphatic carbocycles. The maximum atomic E-state index is 14.2. The van der Waals surface area contributed by atoms with Gasteiger partial charge >= 0.3 is 0 Å². The van der Waals surface area contributed by atoms with Gasteiger partial charge in [0.2, 0.25) is 5.91 Å². The molecule has 3 aromatic rings. The molecule has 3 heterocycles. The molecule has 4 rings (SSSR count). The predicted molar refractivity (Wildman–Crippen MR) is 82.8 cm³/mol. The fourth-order valence-electron chi connectivity index (χ4n) is 2.94. The number of fused-ring (bicyclic) bond motifs is 1. The molecule has 0 unspecified atom stereocenters. The molecule has 0 saturated carbocycles. The third kappa shape index (κ3) is 2.34. The van der Waals surface area contributed by atoms with E-state index in [1.807, 2.05) is 6.07 Å². The molecule has 7 heteroatoms. The molecule has 0 radical (unpaired) electrons. The summed E-state index contributed by atoms with van der Waals surface area (Å²) in [5.74, 6) is -1.57. The monoisotopic (exact) mass is 326 g/mol. The van der Waals surface area contributed by atoms with Crippen LogP contribution in [0.15, 0.2) is 49.1 Å². The highest BCUT2D eigenvalue weighted by molar-refractivity contribution is 5.94. The van der Waals surface area contributed by atoms with Gasteiger partial charge in [0, 0.05) is 24.1 Å². The standard InChI is InChI=1S/C17H12F2N4O/c18-10-3-4-14(19)12(6-10)13-7-15(24)22-17-16(13)21-9-23(17)11-2-1-5-20-8-11/h1-6,8-9,13H,7H2,(H,22,24)/t13-/m0/s1. The number of carbonyl (C=O) groups is 1. The zero-order valence-corrected chi connectivity index (χ0v) is 12.4. The number of nitrogens with zero attached hydrogens (tertiary/aromatic N) is 3. The Kier molecular flexibility index (Phi) is 3.34. The van der Waals surface area contributed by atoms with Crippen LogP contribution in [0.1, 0.15) is 23.6 Å². The van der Waals surface area contributed by atoms with Crippen LogP contribution in [-0.4, -0.2) is 20.4 Å². The van der Waals surface area contributed by atoms with Crippen molar-refractivity contribution < 1.29 is 13.6 Å². The minimum Gasteiger partial charge on any atom is -0.310 e. The maximum Gasteiger partial charge on any atom is 0.226 e. The van der Waals surface area contributed by atoms with Gasteiger partial charge in [-0.05, 0) is 30.3 Å². The fraction of sp³-hybridized carbons (Fsp3) is 0.118. The van der Waals surface area contributed by atoms with Crippen LogP contribution in [0.2, 0.25) is 0 Å². The molecule has 120 valence electrons. The van der Waals surface area contributed by atoms with Crippen molar-refractivity contribution in [3.63, 3.8) is 0 Å². The van der Waals surface area contributed by atoms with Crippen molar-refractivity contribution in [3.05, 3.63) is 71.9 Å². The SMILES string of the molecule is O=C1C[C@@H](c2cc(F)ccc2F)c2ncn(-c3cccnc3)c2N1. The third-order valence-electron chi connectivity index (χ3n) is 4.03. The van der Waals surface area contributed by atoms with Crippen LogP contribution in [0.4, 0.5) is 14.6 Å². The molecule has 0 fully saturated rings. The zero-order chi connectivity index (χ0) is 16.7. The molecule has 0 bridgehead atoms. The lowest BCUT2D eigenvalue weighted by Crippen LogP contribution is -2.25. The van der Waals surface area contributed by atoms with Gasteiger partial charge < -0.3 is 5.32 Å². The van der Waals surface area contributed by atoms with Gasteiger partial charge in [-0.25, -0.2) is 13.8 Å². The lowest BCUT2D eigenvalue weighted by atomic mass is 9.89. The average Bonchev–Trinajstić information content (AvgIpc) is 3.01. The molecular formula is C17H12F2N4O. The summed E-state index contributed by atoms with van der Waals surface area (Å²) in [6, 6.07) is 6.81. The Labute approximate surface area is 136 Å². The first-order valence-electron chi connectivity index (χ1n) is 7.36. The Hall–Kier alpha value is -3.09. The molecule has 24 heavy (non-hydrogen) atoms. The van der Waals surface area contributed by atoms with Gasteiger partial charge in [0.25, 0.3) is 0 Å². The lowest BCUT2D eigenvalue weighted by Gasteiger charge is -2.23. The number of carbonyl (C=O) groups excluding carboxylic acids is 1. The van der Waals surface area contributed by atoms with Crippen molar-refractivity contribution >= 4 is 11.7 Å². The number of hydrogen-bond donors (Lipinski definition) is 1. The number of aromatic nitrogens is 3. The molecule has 0 saturated heterocycles. The van der Waals surface area contributed by atoms with E-state index >= 15 is 0 Å². The molecule has 1 aromatic carbocycles. The van der Waals surface area contributed by atoms with E-state index < -0.39 is 17.6 Å². The second-order valence-electron chi connectivity index (χ2n) is 5.53. The number of hydrogen-bond acceptors (Lipinski definition) is 3. The minimum absolute atomic E-state index is 0.0113. The number of halogens is 2. The normalized spacial score (nSPS) is 16.6. The average molecular weight is 326 g/mol. The quantitative estimate of drug-likeness (QED) is 0.787. The summed E-state index contributed by atoms with van der Waals surface area (Å²) in [4.78, 5) is 20.5. The topological polar surface area (TPSA) is 59.8 Å². The predicted octanol–water partition coefficient (Wildman–Crippen LogP) is 3.02. The first-order valence-corrected chi connectivity index (χ1v) is 7.36. The number of amides is 1. The van der Waals surface area contributed by atoms with Crippen molar-refractivity contribution in [2.45, 2.75) is 12.3 Å². The molecule has 5 nitrogen and oxygen atoms in total. The van der Waals surface area contributed by atoms with Crippen molar-refractivity contribution in [2.24, 2.45) is 0 Å². The van der Waals surface area contributed by atoms with E-state index in [1.165, 1.54) is 6.33 Å². The largest absolute Gasteiger partial charge is 0.310 e. The Morgan fingerprint density at radius 1 is 1.25 bits per heavy atom.